The van der Waals surface area contributed by atoms with Crippen LogP contribution in [0, 0.1) is 0 Å². The summed E-state index contributed by atoms with van der Waals surface area (Å²) in [5.74, 6) is -4.42. The second-order valence-electron chi connectivity index (χ2n) is 7.56. The number of nitrogens with two attached hydrogens (primary N) is 1. The van der Waals surface area contributed by atoms with Crippen LogP contribution in [-0.4, -0.2) is 69.7 Å². The van der Waals surface area contributed by atoms with Crippen molar-refractivity contribution in [3.63, 3.8) is 0 Å². The fourth-order valence-electron chi connectivity index (χ4n) is 2.87. The van der Waals surface area contributed by atoms with E-state index in [-0.39, 0.29) is 24.7 Å². The summed E-state index contributed by atoms with van der Waals surface area (Å²) in [4.78, 5) is 67.3. The van der Waals surface area contributed by atoms with Crippen LogP contribution < -0.4 is 21.7 Å². The number of carbonyl (C=O) groups is 6. The largest absolute Gasteiger partial charge is 0.481 e. The summed E-state index contributed by atoms with van der Waals surface area (Å²) in [5.41, 5.74) is 5.05. The lowest BCUT2D eigenvalue weighted by atomic mass is 10.1. The Labute approximate surface area is 191 Å². The fourth-order valence-corrected chi connectivity index (χ4v) is 2.87. The summed E-state index contributed by atoms with van der Waals surface area (Å²) in [6, 6.07) is -3.76. The van der Waals surface area contributed by atoms with Crippen molar-refractivity contribution in [3.8, 4) is 0 Å². The number of carboxylic acid groups (broad SMARTS) is 3. The van der Waals surface area contributed by atoms with Gasteiger partial charge in [-0.1, -0.05) is 12.8 Å². The van der Waals surface area contributed by atoms with Crippen LogP contribution in [-0.2, 0) is 24.0 Å². The number of nitrogens with one attached hydrogen (secondary N) is 3. The molecule has 0 saturated carbocycles. The van der Waals surface area contributed by atoms with Crippen LogP contribution in [0.1, 0.15) is 70.6 Å². The summed E-state index contributed by atoms with van der Waals surface area (Å²) in [6.45, 7) is 0.343. The van der Waals surface area contributed by atoms with Crippen molar-refractivity contribution in [2.45, 2.75) is 82.7 Å². The van der Waals surface area contributed by atoms with Crippen LogP contribution in [0.4, 0.5) is 4.79 Å². The van der Waals surface area contributed by atoms with Gasteiger partial charge in [0.2, 0.25) is 11.8 Å². The Balaban J connectivity index is 4.13. The minimum atomic E-state index is -1.46. The van der Waals surface area contributed by atoms with E-state index in [4.69, 9.17) is 15.9 Å². The molecule has 0 aromatic heterocycles. The molecule has 0 aliphatic rings. The van der Waals surface area contributed by atoms with E-state index in [1.54, 1.807) is 0 Å². The second-order valence-corrected chi connectivity index (χ2v) is 7.56. The van der Waals surface area contributed by atoms with E-state index in [1.807, 2.05) is 0 Å². The van der Waals surface area contributed by atoms with Gasteiger partial charge in [-0.25, -0.2) is 14.4 Å². The molecule has 13 heteroatoms. The van der Waals surface area contributed by atoms with E-state index < -0.39 is 42.4 Å². The second kappa shape index (κ2) is 17.2. The number of carboxylic acids is 3. The van der Waals surface area contributed by atoms with Gasteiger partial charge in [0, 0.05) is 25.8 Å². The van der Waals surface area contributed by atoms with Crippen molar-refractivity contribution in [3.05, 3.63) is 0 Å². The van der Waals surface area contributed by atoms with Crippen molar-refractivity contribution >= 4 is 35.8 Å². The van der Waals surface area contributed by atoms with Gasteiger partial charge in [-0.2, -0.15) is 0 Å². The zero-order chi connectivity index (χ0) is 25.2. The van der Waals surface area contributed by atoms with Gasteiger partial charge in [0.1, 0.15) is 12.1 Å². The van der Waals surface area contributed by atoms with E-state index >= 15 is 0 Å². The molecule has 13 nitrogen and oxygen atoms in total. The topological polar surface area (TPSA) is 225 Å². The molecule has 2 atom stereocenters. The van der Waals surface area contributed by atoms with E-state index in [2.05, 4.69) is 16.0 Å². The Morgan fingerprint density at radius 1 is 0.667 bits per heavy atom. The quantitative estimate of drug-likeness (QED) is 0.126. The first-order valence-corrected chi connectivity index (χ1v) is 10.8. The van der Waals surface area contributed by atoms with Gasteiger partial charge in [0.15, 0.2) is 0 Å². The Hall–Kier alpha value is -3.38. The van der Waals surface area contributed by atoms with Gasteiger partial charge >= 0.3 is 23.9 Å². The van der Waals surface area contributed by atoms with Crippen molar-refractivity contribution in [1.29, 1.82) is 0 Å². The van der Waals surface area contributed by atoms with Crippen LogP contribution in [0.2, 0.25) is 0 Å². The van der Waals surface area contributed by atoms with Crippen LogP contribution in [0.15, 0.2) is 0 Å². The molecule has 0 fully saturated rings. The molecule has 0 spiro atoms. The van der Waals surface area contributed by atoms with E-state index in [1.165, 1.54) is 0 Å². The zero-order valence-electron chi connectivity index (χ0n) is 18.5. The minimum absolute atomic E-state index is 0.0609. The number of carbonyl (C=O) groups excluding carboxylic acids is 3. The molecule has 0 radical (unpaired) electrons. The van der Waals surface area contributed by atoms with Crippen LogP contribution in [0.5, 0.6) is 0 Å². The normalized spacial score (nSPS) is 12.2. The Kier molecular flexibility index (Phi) is 15.4. The molecule has 33 heavy (non-hydrogen) atoms. The number of unbranched alkanes of at least 4 members (excludes halogenated alkanes) is 4. The molecule has 4 amide bonds. The van der Waals surface area contributed by atoms with Gasteiger partial charge in [-0.05, 0) is 38.5 Å². The summed E-state index contributed by atoms with van der Waals surface area (Å²) in [7, 11) is 0. The first kappa shape index (κ1) is 29.6. The van der Waals surface area contributed by atoms with Gasteiger partial charge in [-0.3, -0.25) is 14.4 Å². The highest BCUT2D eigenvalue weighted by atomic mass is 16.4. The minimum Gasteiger partial charge on any atom is -0.481 e. The molecule has 0 heterocycles. The molecule has 0 aromatic carbocycles. The Bertz CT molecular complexity index is 684. The van der Waals surface area contributed by atoms with Crippen LogP contribution in [0.3, 0.4) is 0 Å². The highest BCUT2D eigenvalue weighted by molar-refractivity contribution is 5.86. The Morgan fingerprint density at radius 3 is 1.73 bits per heavy atom. The number of hydrogen-bond acceptors (Lipinski definition) is 6. The average Bonchev–Trinajstić information content (AvgIpc) is 2.71. The van der Waals surface area contributed by atoms with E-state index in [9.17, 15) is 33.9 Å². The number of amides is 4. The fraction of sp³-hybridized carbons (Fsp3) is 0.700. The molecular weight excluding hydrogens is 440 g/mol. The van der Waals surface area contributed by atoms with Crippen molar-refractivity contribution < 1.29 is 44.1 Å². The number of rotatable bonds is 19. The van der Waals surface area contributed by atoms with Crippen molar-refractivity contribution in [2.24, 2.45) is 5.73 Å². The molecule has 0 unspecified atom stereocenters. The van der Waals surface area contributed by atoms with E-state index in [0.29, 0.717) is 45.1 Å². The third kappa shape index (κ3) is 16.9. The van der Waals surface area contributed by atoms with Gasteiger partial charge in [0.05, 0.1) is 0 Å². The predicted molar refractivity (Wildman–Crippen MR) is 115 cm³/mol. The third-order valence-corrected chi connectivity index (χ3v) is 4.67. The first-order chi connectivity index (χ1) is 15.5. The zero-order valence-corrected chi connectivity index (χ0v) is 18.5. The predicted octanol–water partition coefficient (Wildman–Crippen LogP) is 0.169. The maximum Gasteiger partial charge on any atom is 0.326 e. The molecule has 0 aliphatic carbocycles. The van der Waals surface area contributed by atoms with Gasteiger partial charge < -0.3 is 37.0 Å². The monoisotopic (exact) mass is 474 g/mol. The van der Waals surface area contributed by atoms with Crippen molar-refractivity contribution in [1.82, 2.24) is 16.0 Å². The summed E-state index contributed by atoms with van der Waals surface area (Å²) in [5, 5.41) is 33.8. The smallest absolute Gasteiger partial charge is 0.326 e. The molecule has 188 valence electrons. The SMILES string of the molecule is NC(=O)CCCCCCC(=O)NCCCC[C@H](NC(=O)N[C@@H](CCC(=O)O)C(=O)O)C(=O)O. The molecule has 8 N–H and O–H groups in total. The number of urea groups is 1. The molecular formula is C20H34N4O9. The van der Waals surface area contributed by atoms with Crippen LogP contribution >= 0.6 is 0 Å². The lowest BCUT2D eigenvalue weighted by Gasteiger charge is -2.18. The van der Waals surface area contributed by atoms with Gasteiger partial charge in [0.25, 0.3) is 0 Å². The average molecular weight is 475 g/mol. The maximum atomic E-state index is 11.9. The first-order valence-electron chi connectivity index (χ1n) is 10.8. The van der Waals surface area contributed by atoms with Crippen LogP contribution in [0.25, 0.3) is 0 Å². The third-order valence-electron chi connectivity index (χ3n) is 4.67. The molecule has 0 aliphatic heterocycles. The number of aliphatic carboxylic acids is 3. The summed E-state index contributed by atoms with van der Waals surface area (Å²) >= 11 is 0. The molecule has 0 bridgehead atoms. The summed E-state index contributed by atoms with van der Waals surface area (Å²) < 4.78 is 0. The standard InChI is InChI=1S/C20H34N4O9/c21-15(25)8-3-1-2-4-9-16(26)22-12-6-5-7-13(18(29)30)23-20(33)24-14(19(31)32)10-11-17(27)28/h13-14H,1-12H2,(H2,21,25)(H,22,26)(H,27,28)(H,29,30)(H,31,32)(H2,23,24,33)/t13-,14-/m0/s1. The molecule has 0 rings (SSSR count). The lowest BCUT2D eigenvalue weighted by Crippen LogP contribution is -2.51. The van der Waals surface area contributed by atoms with Gasteiger partial charge in [-0.15, -0.1) is 0 Å². The lowest BCUT2D eigenvalue weighted by molar-refractivity contribution is -0.141. The number of hydrogen-bond donors (Lipinski definition) is 7. The Morgan fingerprint density at radius 2 is 1.21 bits per heavy atom. The maximum absolute atomic E-state index is 11.9. The molecule has 0 saturated heterocycles. The van der Waals surface area contributed by atoms with E-state index in [0.717, 1.165) is 12.8 Å². The highest BCUT2D eigenvalue weighted by Gasteiger charge is 2.24. The summed E-state index contributed by atoms with van der Waals surface area (Å²) in [6.07, 6.45) is 3.82. The highest BCUT2D eigenvalue weighted by Crippen LogP contribution is 2.06. The van der Waals surface area contributed by atoms with Crippen molar-refractivity contribution in [2.75, 3.05) is 6.54 Å². The number of primary amides is 1. The molecule has 0 aromatic rings.